The molecule has 1 heterocycles. The Morgan fingerprint density at radius 2 is 2.35 bits per heavy atom. The number of benzene rings is 1. The maximum atomic E-state index is 11.5. The van der Waals surface area contributed by atoms with Crippen LogP contribution in [0.4, 0.5) is 5.69 Å². The van der Waals surface area contributed by atoms with Crippen LogP contribution in [0.1, 0.15) is 0 Å². The quantitative estimate of drug-likeness (QED) is 0.828. The Balaban J connectivity index is 2.34. The van der Waals surface area contributed by atoms with Crippen LogP contribution in [0, 0.1) is 0 Å². The van der Waals surface area contributed by atoms with Crippen molar-refractivity contribution in [2.24, 2.45) is 0 Å². The van der Waals surface area contributed by atoms with Crippen LogP contribution in [0.15, 0.2) is 18.2 Å². The molecule has 0 aromatic heterocycles. The summed E-state index contributed by atoms with van der Waals surface area (Å²) in [5.41, 5.74) is 0.463. The molecule has 1 N–H and O–H groups in total. The van der Waals surface area contributed by atoms with Gasteiger partial charge in [0.2, 0.25) is 0 Å². The summed E-state index contributed by atoms with van der Waals surface area (Å²) in [6, 6.07) is 4.98. The van der Waals surface area contributed by atoms with E-state index in [1.807, 2.05) is 0 Å². The van der Waals surface area contributed by atoms with Gasteiger partial charge in [-0.1, -0.05) is 6.07 Å². The Bertz CT molecular complexity index is 471. The van der Waals surface area contributed by atoms with Crippen LogP contribution in [-0.2, 0) is 9.59 Å². The lowest BCUT2D eigenvalue weighted by atomic mass is 10.2. The minimum Gasteiger partial charge on any atom is -0.481 e. The van der Waals surface area contributed by atoms with Gasteiger partial charge in [0.1, 0.15) is 17.2 Å². The molecule has 1 aliphatic rings. The zero-order valence-electron chi connectivity index (χ0n) is 9.17. The number of anilines is 1. The van der Waals surface area contributed by atoms with E-state index >= 15 is 0 Å². The summed E-state index contributed by atoms with van der Waals surface area (Å²) in [6.45, 7) is -0.482. The molecule has 0 saturated carbocycles. The lowest BCUT2D eigenvalue weighted by Crippen LogP contribution is -2.35. The molecule has 0 fully saturated rings. The average Bonchev–Trinajstić information content (AvgIpc) is 2.31. The molecule has 6 heteroatoms. The fraction of sp³-hybridized carbons (Fsp3) is 0.273. The molecular weight excluding hydrogens is 226 g/mol. The minimum atomic E-state index is -1.08. The number of likely N-dealkylation sites (N-methyl/N-ethyl adjacent to an activating group) is 1. The average molecular weight is 237 g/mol. The van der Waals surface area contributed by atoms with Crippen molar-refractivity contribution in [2.45, 2.75) is 0 Å². The Kier molecular flexibility index (Phi) is 2.86. The smallest absolute Gasteiger partial charge is 0.341 e. The Morgan fingerprint density at radius 3 is 3.06 bits per heavy atom. The molecule has 0 spiro atoms. The molecule has 0 saturated heterocycles. The number of ether oxygens (including phenoxy) is 2. The predicted molar refractivity (Wildman–Crippen MR) is 58.5 cm³/mol. The van der Waals surface area contributed by atoms with Crippen molar-refractivity contribution in [1.29, 1.82) is 0 Å². The zero-order chi connectivity index (χ0) is 12.4. The molecule has 0 bridgehead atoms. The van der Waals surface area contributed by atoms with E-state index in [2.05, 4.69) is 0 Å². The maximum absolute atomic E-state index is 11.5. The molecule has 90 valence electrons. The van der Waals surface area contributed by atoms with E-state index in [1.165, 1.54) is 4.90 Å². The predicted octanol–water partition coefficient (Wildman–Crippen LogP) is 0.505. The van der Waals surface area contributed by atoms with Crippen LogP contribution in [0.25, 0.3) is 0 Å². The molecule has 17 heavy (non-hydrogen) atoms. The Morgan fingerprint density at radius 1 is 1.59 bits per heavy atom. The number of carbonyl (C=O) groups excluding carboxylic acids is 1. The van der Waals surface area contributed by atoms with Crippen LogP contribution in [0.3, 0.4) is 0 Å². The van der Waals surface area contributed by atoms with Crippen molar-refractivity contribution >= 4 is 17.6 Å². The van der Waals surface area contributed by atoms with E-state index in [4.69, 9.17) is 14.6 Å². The number of carboxylic acid groups (broad SMARTS) is 1. The van der Waals surface area contributed by atoms with Crippen molar-refractivity contribution in [3.05, 3.63) is 18.2 Å². The van der Waals surface area contributed by atoms with E-state index in [0.717, 1.165) is 0 Å². The molecule has 1 aliphatic heterocycles. The third-order valence-corrected chi connectivity index (χ3v) is 2.37. The first kappa shape index (κ1) is 11.3. The number of hydrogen-bond acceptors (Lipinski definition) is 4. The molecule has 1 amide bonds. The first-order chi connectivity index (χ1) is 8.09. The third-order valence-electron chi connectivity index (χ3n) is 2.37. The Labute approximate surface area is 97.4 Å². The van der Waals surface area contributed by atoms with Crippen molar-refractivity contribution < 1.29 is 24.2 Å². The normalized spacial score (nSPS) is 13.9. The largest absolute Gasteiger partial charge is 0.481 e. The molecule has 6 nitrogen and oxygen atoms in total. The van der Waals surface area contributed by atoms with E-state index in [1.54, 1.807) is 25.2 Å². The monoisotopic (exact) mass is 237 g/mol. The third kappa shape index (κ3) is 2.15. The van der Waals surface area contributed by atoms with Crippen molar-refractivity contribution in [3.63, 3.8) is 0 Å². The highest BCUT2D eigenvalue weighted by atomic mass is 16.5. The summed E-state index contributed by atoms with van der Waals surface area (Å²) in [5.74, 6) is -0.451. The second kappa shape index (κ2) is 4.32. The first-order valence-corrected chi connectivity index (χ1v) is 4.96. The van der Waals surface area contributed by atoms with Gasteiger partial charge in [-0.3, -0.25) is 4.79 Å². The van der Waals surface area contributed by atoms with Crippen LogP contribution in [-0.4, -0.2) is 37.2 Å². The fourth-order valence-electron chi connectivity index (χ4n) is 1.57. The van der Waals surface area contributed by atoms with Crippen LogP contribution in [0.2, 0.25) is 0 Å². The van der Waals surface area contributed by atoms with Gasteiger partial charge in [-0.05, 0) is 12.1 Å². The van der Waals surface area contributed by atoms with Gasteiger partial charge in [0.15, 0.2) is 13.2 Å². The van der Waals surface area contributed by atoms with Crippen molar-refractivity contribution in [3.8, 4) is 11.5 Å². The SMILES string of the molecule is CN1C(=O)COc2cccc(OCC(=O)O)c21. The number of para-hydroxylation sites is 1. The van der Waals surface area contributed by atoms with Crippen molar-refractivity contribution in [1.82, 2.24) is 0 Å². The van der Waals surface area contributed by atoms with Gasteiger partial charge in [0, 0.05) is 7.05 Å². The lowest BCUT2D eigenvalue weighted by Gasteiger charge is -2.27. The number of amides is 1. The molecule has 2 rings (SSSR count). The highest BCUT2D eigenvalue weighted by Gasteiger charge is 2.25. The number of fused-ring (bicyclic) bond motifs is 1. The van der Waals surface area contributed by atoms with Gasteiger partial charge in [-0.15, -0.1) is 0 Å². The summed E-state index contributed by atoms with van der Waals surface area (Å²) in [6.07, 6.45) is 0. The fourth-order valence-corrected chi connectivity index (χ4v) is 1.57. The minimum absolute atomic E-state index is 0.0219. The standard InChI is InChI=1S/C11H11NO5/c1-12-9(13)5-16-7-3-2-4-8(11(7)12)17-6-10(14)15/h2-4H,5-6H2,1H3,(H,14,15). The van der Waals surface area contributed by atoms with Gasteiger partial charge < -0.3 is 19.5 Å². The van der Waals surface area contributed by atoms with Crippen LogP contribution in [0.5, 0.6) is 11.5 Å². The molecule has 1 aromatic carbocycles. The topological polar surface area (TPSA) is 76.1 Å². The summed E-state index contributed by atoms with van der Waals surface area (Å²) in [7, 11) is 1.59. The van der Waals surface area contributed by atoms with Gasteiger partial charge >= 0.3 is 5.97 Å². The number of carboxylic acids is 1. The first-order valence-electron chi connectivity index (χ1n) is 4.96. The van der Waals surface area contributed by atoms with Gasteiger partial charge in [-0.25, -0.2) is 4.79 Å². The van der Waals surface area contributed by atoms with Crippen LogP contribution >= 0.6 is 0 Å². The summed E-state index contributed by atoms with van der Waals surface area (Å²) < 4.78 is 10.3. The number of rotatable bonds is 3. The number of hydrogen-bond donors (Lipinski definition) is 1. The maximum Gasteiger partial charge on any atom is 0.341 e. The van der Waals surface area contributed by atoms with E-state index in [-0.39, 0.29) is 12.5 Å². The number of carbonyl (C=O) groups is 2. The molecule has 0 atom stereocenters. The second-order valence-electron chi connectivity index (χ2n) is 3.53. The molecule has 0 radical (unpaired) electrons. The van der Waals surface area contributed by atoms with E-state index in [9.17, 15) is 9.59 Å². The van der Waals surface area contributed by atoms with Gasteiger partial charge in [0.25, 0.3) is 5.91 Å². The highest BCUT2D eigenvalue weighted by molar-refractivity contribution is 5.99. The molecule has 1 aromatic rings. The second-order valence-corrected chi connectivity index (χ2v) is 3.53. The van der Waals surface area contributed by atoms with Gasteiger partial charge in [0.05, 0.1) is 0 Å². The summed E-state index contributed by atoms with van der Waals surface area (Å²) in [5, 5.41) is 8.56. The van der Waals surface area contributed by atoms with Crippen molar-refractivity contribution in [2.75, 3.05) is 25.2 Å². The molecule has 0 unspecified atom stereocenters. The molecule has 0 aliphatic carbocycles. The lowest BCUT2D eigenvalue weighted by molar-refractivity contribution is -0.139. The Hall–Kier alpha value is -2.24. The number of nitrogens with zero attached hydrogens (tertiary/aromatic N) is 1. The van der Waals surface area contributed by atoms with Crippen LogP contribution < -0.4 is 14.4 Å². The summed E-state index contributed by atoms with van der Waals surface area (Å²) in [4.78, 5) is 23.3. The van der Waals surface area contributed by atoms with E-state index in [0.29, 0.717) is 17.2 Å². The molecular formula is C11H11NO5. The summed E-state index contributed by atoms with van der Waals surface area (Å²) >= 11 is 0. The zero-order valence-corrected chi connectivity index (χ0v) is 9.17. The van der Waals surface area contributed by atoms with Gasteiger partial charge in [-0.2, -0.15) is 0 Å². The number of aliphatic carboxylic acids is 1. The highest BCUT2D eigenvalue weighted by Crippen LogP contribution is 2.39. The van der Waals surface area contributed by atoms with E-state index < -0.39 is 12.6 Å².